The van der Waals surface area contributed by atoms with Crippen LogP contribution in [0.25, 0.3) is 0 Å². The summed E-state index contributed by atoms with van der Waals surface area (Å²) in [7, 11) is 1.61. The number of halogens is 2. The monoisotopic (exact) mass is 352 g/mol. The number of methoxy groups -OCH3 is 1. The third kappa shape index (κ3) is 5.05. The van der Waals surface area contributed by atoms with Crippen molar-refractivity contribution in [2.24, 2.45) is 0 Å². The molecule has 2 N–H and O–H groups in total. The van der Waals surface area contributed by atoms with E-state index in [9.17, 15) is 4.79 Å². The average molecular weight is 353 g/mol. The molecule has 4 nitrogen and oxygen atoms in total. The summed E-state index contributed by atoms with van der Waals surface area (Å²) in [6.07, 6.45) is 0. The van der Waals surface area contributed by atoms with Crippen LogP contribution in [0.2, 0.25) is 10.0 Å². The van der Waals surface area contributed by atoms with E-state index in [0.717, 1.165) is 16.9 Å². The maximum Gasteiger partial charge on any atom is 0.315 e. The predicted molar refractivity (Wildman–Crippen MR) is 93.2 cm³/mol. The van der Waals surface area contributed by atoms with Crippen molar-refractivity contribution in [2.45, 2.75) is 19.5 Å². The van der Waals surface area contributed by atoms with Gasteiger partial charge in [-0.3, -0.25) is 0 Å². The van der Waals surface area contributed by atoms with Crippen molar-refractivity contribution in [3.05, 3.63) is 63.6 Å². The Kier molecular flexibility index (Phi) is 6.13. The summed E-state index contributed by atoms with van der Waals surface area (Å²) in [6.45, 7) is 2.27. The largest absolute Gasteiger partial charge is 0.497 e. The summed E-state index contributed by atoms with van der Waals surface area (Å²) >= 11 is 12.0. The van der Waals surface area contributed by atoms with Gasteiger partial charge in [-0.05, 0) is 42.3 Å². The van der Waals surface area contributed by atoms with Gasteiger partial charge in [0.05, 0.1) is 13.2 Å². The molecule has 2 aromatic carbocycles. The Morgan fingerprint density at radius 3 is 2.70 bits per heavy atom. The highest BCUT2D eigenvalue weighted by atomic mass is 35.5. The van der Waals surface area contributed by atoms with E-state index in [0.29, 0.717) is 16.6 Å². The fourth-order valence-corrected chi connectivity index (χ4v) is 2.72. The van der Waals surface area contributed by atoms with Gasteiger partial charge in [-0.2, -0.15) is 0 Å². The van der Waals surface area contributed by atoms with Gasteiger partial charge in [-0.15, -0.1) is 0 Å². The molecular formula is C17H18Cl2N2O2. The number of rotatable bonds is 5. The lowest BCUT2D eigenvalue weighted by atomic mass is 10.1. The van der Waals surface area contributed by atoms with Gasteiger partial charge in [0.15, 0.2) is 0 Å². The smallest absolute Gasteiger partial charge is 0.315 e. The molecule has 0 saturated heterocycles. The highest BCUT2D eigenvalue weighted by Crippen LogP contribution is 2.25. The van der Waals surface area contributed by atoms with E-state index >= 15 is 0 Å². The molecule has 0 fully saturated rings. The van der Waals surface area contributed by atoms with Gasteiger partial charge in [0.25, 0.3) is 0 Å². The maximum absolute atomic E-state index is 12.0. The minimum atomic E-state index is -0.272. The second kappa shape index (κ2) is 8.09. The number of nitrogens with one attached hydrogen (secondary N) is 2. The molecule has 0 heterocycles. The zero-order valence-corrected chi connectivity index (χ0v) is 14.4. The molecule has 0 aliphatic carbocycles. The van der Waals surface area contributed by atoms with Crippen LogP contribution in [0.4, 0.5) is 4.79 Å². The van der Waals surface area contributed by atoms with Crippen molar-refractivity contribution < 1.29 is 9.53 Å². The average Bonchev–Trinajstić information content (AvgIpc) is 2.53. The van der Waals surface area contributed by atoms with E-state index in [4.69, 9.17) is 27.9 Å². The molecule has 1 unspecified atom stereocenters. The first-order valence-electron chi connectivity index (χ1n) is 7.12. The third-order valence-corrected chi connectivity index (χ3v) is 3.93. The van der Waals surface area contributed by atoms with Gasteiger partial charge >= 0.3 is 6.03 Å². The maximum atomic E-state index is 12.0. The molecule has 0 radical (unpaired) electrons. The van der Waals surface area contributed by atoms with Crippen LogP contribution in [0.1, 0.15) is 24.1 Å². The number of hydrogen-bond donors (Lipinski definition) is 2. The van der Waals surface area contributed by atoms with Crippen LogP contribution in [-0.2, 0) is 6.54 Å². The van der Waals surface area contributed by atoms with Crippen molar-refractivity contribution >= 4 is 29.2 Å². The van der Waals surface area contributed by atoms with Gasteiger partial charge in [0.2, 0.25) is 0 Å². The van der Waals surface area contributed by atoms with Gasteiger partial charge < -0.3 is 15.4 Å². The minimum absolute atomic E-state index is 0.231. The summed E-state index contributed by atoms with van der Waals surface area (Å²) < 4.78 is 5.15. The topological polar surface area (TPSA) is 50.4 Å². The number of hydrogen-bond acceptors (Lipinski definition) is 2. The van der Waals surface area contributed by atoms with Crippen LogP contribution in [-0.4, -0.2) is 13.1 Å². The standard InChI is InChI=1S/C17H18Cl2N2O2/c1-11(15-7-6-13(18)9-16(15)19)21-17(22)20-10-12-4-3-5-14(8-12)23-2/h3-9,11H,10H2,1-2H3,(H2,20,21,22). The molecule has 1 atom stereocenters. The molecule has 0 aliphatic heterocycles. The molecule has 0 bridgehead atoms. The molecule has 0 saturated carbocycles. The number of carbonyl (C=O) groups excluding carboxylic acids is 1. The Morgan fingerprint density at radius 2 is 2.00 bits per heavy atom. The van der Waals surface area contributed by atoms with E-state index in [-0.39, 0.29) is 12.1 Å². The van der Waals surface area contributed by atoms with Crippen LogP contribution in [0.5, 0.6) is 5.75 Å². The molecule has 0 spiro atoms. The van der Waals surface area contributed by atoms with Crippen molar-refractivity contribution in [1.29, 1.82) is 0 Å². The zero-order chi connectivity index (χ0) is 16.8. The number of amides is 2. The number of ether oxygens (including phenoxy) is 1. The number of benzene rings is 2. The molecule has 0 aromatic heterocycles. The molecule has 122 valence electrons. The lowest BCUT2D eigenvalue weighted by Gasteiger charge is -2.16. The summed E-state index contributed by atoms with van der Waals surface area (Å²) in [6, 6.07) is 12.2. The molecule has 6 heteroatoms. The molecule has 2 aromatic rings. The lowest BCUT2D eigenvalue weighted by molar-refractivity contribution is 0.237. The fraction of sp³-hybridized carbons (Fsp3) is 0.235. The Balaban J connectivity index is 1.91. The van der Waals surface area contributed by atoms with E-state index in [1.54, 1.807) is 25.3 Å². The van der Waals surface area contributed by atoms with Gasteiger partial charge in [-0.1, -0.05) is 41.4 Å². The SMILES string of the molecule is COc1cccc(CNC(=O)NC(C)c2ccc(Cl)cc2Cl)c1. The number of urea groups is 1. The van der Waals surface area contributed by atoms with E-state index in [1.807, 2.05) is 31.2 Å². The molecule has 0 aliphatic rings. The van der Waals surface area contributed by atoms with Gasteiger partial charge in [-0.25, -0.2) is 4.79 Å². The van der Waals surface area contributed by atoms with Crippen molar-refractivity contribution in [3.63, 3.8) is 0 Å². The Hall–Kier alpha value is -1.91. The third-order valence-electron chi connectivity index (χ3n) is 3.36. The normalized spacial score (nSPS) is 11.7. The first-order chi connectivity index (χ1) is 11.0. The van der Waals surface area contributed by atoms with Crippen molar-refractivity contribution in [2.75, 3.05) is 7.11 Å². The molecule has 2 rings (SSSR count). The van der Waals surface area contributed by atoms with Crippen molar-refractivity contribution in [1.82, 2.24) is 10.6 Å². The minimum Gasteiger partial charge on any atom is -0.497 e. The Bertz CT molecular complexity index is 692. The second-order valence-electron chi connectivity index (χ2n) is 5.07. The van der Waals surface area contributed by atoms with E-state index in [1.165, 1.54) is 0 Å². The summed E-state index contributed by atoms with van der Waals surface area (Å²) in [4.78, 5) is 12.0. The molecule has 23 heavy (non-hydrogen) atoms. The van der Waals surface area contributed by atoms with Crippen LogP contribution in [0.15, 0.2) is 42.5 Å². The van der Waals surface area contributed by atoms with Crippen LogP contribution >= 0.6 is 23.2 Å². The van der Waals surface area contributed by atoms with Gasteiger partial charge in [0, 0.05) is 16.6 Å². The Morgan fingerprint density at radius 1 is 1.22 bits per heavy atom. The van der Waals surface area contributed by atoms with Crippen molar-refractivity contribution in [3.8, 4) is 5.75 Å². The summed E-state index contributed by atoms with van der Waals surface area (Å²) in [5, 5.41) is 6.74. The first kappa shape index (κ1) is 17.4. The Labute approximate surface area is 145 Å². The molecular weight excluding hydrogens is 335 g/mol. The number of carbonyl (C=O) groups is 1. The summed E-state index contributed by atoms with van der Waals surface area (Å²) in [5.41, 5.74) is 1.77. The second-order valence-corrected chi connectivity index (χ2v) is 5.91. The fourth-order valence-electron chi connectivity index (χ4n) is 2.14. The zero-order valence-electron chi connectivity index (χ0n) is 12.9. The predicted octanol–water partition coefficient (Wildman–Crippen LogP) is 4.56. The molecule has 2 amide bonds. The van der Waals surface area contributed by atoms with Crippen LogP contribution in [0, 0.1) is 0 Å². The first-order valence-corrected chi connectivity index (χ1v) is 7.87. The quantitative estimate of drug-likeness (QED) is 0.828. The van der Waals surface area contributed by atoms with E-state index < -0.39 is 0 Å². The van der Waals surface area contributed by atoms with Crippen LogP contribution in [0.3, 0.4) is 0 Å². The lowest BCUT2D eigenvalue weighted by Crippen LogP contribution is -2.36. The highest BCUT2D eigenvalue weighted by Gasteiger charge is 2.12. The summed E-state index contributed by atoms with van der Waals surface area (Å²) in [5.74, 6) is 0.756. The van der Waals surface area contributed by atoms with E-state index in [2.05, 4.69) is 10.6 Å². The van der Waals surface area contributed by atoms with Gasteiger partial charge in [0.1, 0.15) is 5.75 Å². The highest BCUT2D eigenvalue weighted by molar-refractivity contribution is 6.35. The van der Waals surface area contributed by atoms with Crippen LogP contribution < -0.4 is 15.4 Å².